The molecule has 4 N–H and O–H groups in total. The van der Waals surface area contributed by atoms with Gasteiger partial charge in [0.25, 0.3) is 0 Å². The van der Waals surface area contributed by atoms with Gasteiger partial charge in [0.15, 0.2) is 0 Å². The van der Waals surface area contributed by atoms with Crippen molar-refractivity contribution < 1.29 is 0 Å². The Labute approximate surface area is 132 Å². The Kier molecular flexibility index (Phi) is 3.97. The van der Waals surface area contributed by atoms with Crippen molar-refractivity contribution in [3.8, 4) is 0 Å². The van der Waals surface area contributed by atoms with Crippen LogP contribution in [0.25, 0.3) is 0 Å². The van der Waals surface area contributed by atoms with Crippen LogP contribution in [0.4, 0.5) is 17.1 Å². The lowest BCUT2D eigenvalue weighted by Crippen LogP contribution is -2.19. The number of hydrogen-bond donors (Lipinski definition) is 3. The molecule has 0 bridgehead atoms. The second-order valence-electron chi connectivity index (χ2n) is 6.29. The van der Waals surface area contributed by atoms with E-state index in [9.17, 15) is 0 Å². The van der Waals surface area contributed by atoms with Crippen molar-refractivity contribution >= 4 is 17.1 Å². The normalized spacial score (nSPS) is 19.6. The van der Waals surface area contributed by atoms with Crippen molar-refractivity contribution in [1.82, 2.24) is 0 Å². The Hall–Kier alpha value is -2.16. The van der Waals surface area contributed by atoms with Crippen molar-refractivity contribution in [2.24, 2.45) is 0 Å². The second-order valence-corrected chi connectivity index (χ2v) is 6.29. The molecule has 116 valence electrons. The van der Waals surface area contributed by atoms with Gasteiger partial charge in [-0.3, -0.25) is 0 Å². The lowest BCUT2D eigenvalue weighted by molar-refractivity contribution is 0.599. The molecule has 2 aromatic carbocycles. The van der Waals surface area contributed by atoms with E-state index in [1.807, 2.05) is 6.07 Å². The molecule has 3 rings (SSSR count). The molecule has 0 spiro atoms. The van der Waals surface area contributed by atoms with Crippen LogP contribution in [0.5, 0.6) is 0 Å². The molecule has 0 radical (unpaired) electrons. The molecule has 3 heteroatoms. The van der Waals surface area contributed by atoms with Crippen LogP contribution < -0.4 is 16.4 Å². The third kappa shape index (κ3) is 2.63. The summed E-state index contributed by atoms with van der Waals surface area (Å²) in [6.07, 6.45) is 1.12. The van der Waals surface area contributed by atoms with Gasteiger partial charge in [0.05, 0.1) is 0 Å². The summed E-state index contributed by atoms with van der Waals surface area (Å²) in [6.45, 7) is 7.44. The zero-order valence-corrected chi connectivity index (χ0v) is 13.6. The maximum absolute atomic E-state index is 5.95. The molecule has 0 amide bonds. The first kappa shape index (κ1) is 14.8. The van der Waals surface area contributed by atoms with Gasteiger partial charge in [-0.2, -0.15) is 0 Å². The van der Waals surface area contributed by atoms with Gasteiger partial charge in [0, 0.05) is 35.6 Å². The first-order chi connectivity index (χ1) is 10.6. The van der Waals surface area contributed by atoms with Crippen LogP contribution in [0.1, 0.15) is 36.0 Å². The predicted molar refractivity (Wildman–Crippen MR) is 95.7 cm³/mol. The monoisotopic (exact) mass is 295 g/mol. The van der Waals surface area contributed by atoms with Crippen molar-refractivity contribution in [1.29, 1.82) is 0 Å². The third-order valence-electron chi connectivity index (χ3n) is 4.95. The van der Waals surface area contributed by atoms with Crippen molar-refractivity contribution in [3.05, 3.63) is 53.1 Å². The lowest BCUT2D eigenvalue weighted by Gasteiger charge is -2.18. The quantitative estimate of drug-likeness (QED) is 0.738. The van der Waals surface area contributed by atoms with Crippen molar-refractivity contribution in [2.75, 3.05) is 22.9 Å². The highest BCUT2D eigenvalue weighted by Crippen LogP contribution is 2.37. The van der Waals surface area contributed by atoms with Gasteiger partial charge >= 0.3 is 0 Å². The Balaban J connectivity index is 1.66. The molecule has 0 aromatic heterocycles. The largest absolute Gasteiger partial charge is 0.399 e. The number of nitrogens with two attached hydrogens (primary N) is 1. The number of benzene rings is 2. The van der Waals surface area contributed by atoms with Crippen LogP contribution in [-0.2, 0) is 0 Å². The number of rotatable bonds is 4. The molecule has 1 unspecified atom stereocenters. The molecule has 0 aliphatic carbocycles. The topological polar surface area (TPSA) is 50.1 Å². The number of fused-ring (bicyclic) bond motifs is 1. The lowest BCUT2D eigenvalue weighted by atomic mass is 9.92. The van der Waals surface area contributed by atoms with E-state index in [1.165, 1.54) is 28.1 Å². The highest BCUT2D eigenvalue weighted by molar-refractivity contribution is 5.63. The van der Waals surface area contributed by atoms with Gasteiger partial charge in [-0.05, 0) is 62.1 Å². The number of nitrogen functional groups attached to an aromatic ring is 1. The molecule has 22 heavy (non-hydrogen) atoms. The van der Waals surface area contributed by atoms with Crippen LogP contribution in [0.15, 0.2) is 36.4 Å². The van der Waals surface area contributed by atoms with Crippen molar-refractivity contribution in [2.45, 2.75) is 39.2 Å². The van der Waals surface area contributed by atoms with E-state index < -0.39 is 0 Å². The Morgan fingerprint density at radius 1 is 1.09 bits per heavy atom. The summed E-state index contributed by atoms with van der Waals surface area (Å²) in [5.74, 6) is 0.568. The predicted octanol–water partition coefficient (Wildman–Crippen LogP) is 4.29. The maximum atomic E-state index is 5.95. The molecular weight excluding hydrogens is 270 g/mol. The Morgan fingerprint density at radius 2 is 1.86 bits per heavy atom. The SMILES string of the molecule is Cc1c(N)ccc(NCCC2c3ccccc3N[C@@H]2C)c1C. The zero-order chi connectivity index (χ0) is 15.7. The van der Waals surface area contributed by atoms with Gasteiger partial charge in [0.2, 0.25) is 0 Å². The van der Waals surface area contributed by atoms with E-state index >= 15 is 0 Å². The van der Waals surface area contributed by atoms with E-state index in [0.717, 1.165) is 18.7 Å². The van der Waals surface area contributed by atoms with E-state index in [4.69, 9.17) is 5.73 Å². The average Bonchev–Trinajstić information content (AvgIpc) is 2.83. The summed E-state index contributed by atoms with van der Waals surface area (Å²) in [6, 6.07) is 13.2. The molecule has 3 nitrogen and oxygen atoms in total. The Bertz CT molecular complexity index is 678. The molecule has 0 saturated heterocycles. The summed E-state index contributed by atoms with van der Waals surface area (Å²) >= 11 is 0. The number of hydrogen-bond acceptors (Lipinski definition) is 3. The maximum Gasteiger partial charge on any atom is 0.0378 e. The van der Waals surface area contributed by atoms with Gasteiger partial charge in [-0.15, -0.1) is 0 Å². The minimum atomic E-state index is 0.494. The summed E-state index contributed by atoms with van der Waals surface area (Å²) in [5.41, 5.74) is 13.2. The number of nitrogens with one attached hydrogen (secondary N) is 2. The molecule has 0 saturated carbocycles. The zero-order valence-electron chi connectivity index (χ0n) is 13.6. The molecule has 0 fully saturated rings. The first-order valence-corrected chi connectivity index (χ1v) is 8.03. The minimum absolute atomic E-state index is 0.494. The molecular formula is C19H25N3. The second kappa shape index (κ2) is 5.91. The smallest absolute Gasteiger partial charge is 0.0378 e. The van der Waals surface area contributed by atoms with Crippen LogP contribution in [-0.4, -0.2) is 12.6 Å². The summed E-state index contributed by atoms with van der Waals surface area (Å²) in [5, 5.41) is 7.16. The van der Waals surface area contributed by atoms with Gasteiger partial charge < -0.3 is 16.4 Å². The fourth-order valence-electron chi connectivity index (χ4n) is 3.37. The number of anilines is 3. The summed E-state index contributed by atoms with van der Waals surface area (Å²) in [4.78, 5) is 0. The van der Waals surface area contributed by atoms with Crippen LogP contribution in [0.3, 0.4) is 0 Å². The van der Waals surface area contributed by atoms with Gasteiger partial charge in [-0.25, -0.2) is 0 Å². The van der Waals surface area contributed by atoms with Crippen LogP contribution in [0.2, 0.25) is 0 Å². The summed E-state index contributed by atoms with van der Waals surface area (Å²) in [7, 11) is 0. The van der Waals surface area contributed by atoms with E-state index in [0.29, 0.717) is 12.0 Å². The minimum Gasteiger partial charge on any atom is -0.399 e. The molecule has 2 aromatic rings. The molecule has 1 aliphatic heterocycles. The standard InChI is InChI=1S/C19H25N3/c1-12-13(2)18(9-8-17(12)20)21-11-10-15-14(3)22-19-7-5-4-6-16(15)19/h4-9,14-15,21-22H,10-11,20H2,1-3H3/t14-,15?/m1/s1. The molecule has 1 heterocycles. The fraction of sp³-hybridized carbons (Fsp3) is 0.368. The van der Waals surface area contributed by atoms with E-state index in [1.54, 1.807) is 0 Å². The van der Waals surface area contributed by atoms with E-state index in [-0.39, 0.29) is 0 Å². The number of para-hydroxylation sites is 1. The highest BCUT2D eigenvalue weighted by atomic mass is 15.0. The summed E-state index contributed by atoms with van der Waals surface area (Å²) < 4.78 is 0. The third-order valence-corrected chi connectivity index (χ3v) is 4.95. The molecule has 2 atom stereocenters. The fourth-order valence-corrected chi connectivity index (χ4v) is 3.37. The highest BCUT2D eigenvalue weighted by Gasteiger charge is 2.27. The van der Waals surface area contributed by atoms with E-state index in [2.05, 4.69) is 61.7 Å². The Morgan fingerprint density at radius 3 is 2.68 bits per heavy atom. The van der Waals surface area contributed by atoms with Gasteiger partial charge in [-0.1, -0.05) is 18.2 Å². The first-order valence-electron chi connectivity index (χ1n) is 8.03. The van der Waals surface area contributed by atoms with Crippen molar-refractivity contribution in [3.63, 3.8) is 0 Å². The van der Waals surface area contributed by atoms with Crippen LogP contribution >= 0.6 is 0 Å². The van der Waals surface area contributed by atoms with Gasteiger partial charge in [0.1, 0.15) is 0 Å². The van der Waals surface area contributed by atoms with Crippen LogP contribution in [0, 0.1) is 13.8 Å². The molecule has 1 aliphatic rings. The average molecular weight is 295 g/mol.